The molecule has 2 rings (SSSR count). The van der Waals surface area contributed by atoms with Crippen molar-refractivity contribution in [2.75, 3.05) is 19.6 Å². The highest BCUT2D eigenvalue weighted by Gasteiger charge is 2.23. The Bertz CT molecular complexity index is 437. The number of nitrogens with zero attached hydrogens (tertiary/aromatic N) is 1. The van der Waals surface area contributed by atoms with E-state index in [1.807, 2.05) is 0 Å². The third kappa shape index (κ3) is 2.97. The van der Waals surface area contributed by atoms with E-state index in [9.17, 15) is 9.59 Å². The minimum atomic E-state index is -0.353. The van der Waals surface area contributed by atoms with Crippen molar-refractivity contribution in [1.82, 2.24) is 20.2 Å². The molecular formula is C11H18N4O2. The van der Waals surface area contributed by atoms with Crippen molar-refractivity contribution in [2.24, 2.45) is 0 Å². The summed E-state index contributed by atoms with van der Waals surface area (Å²) in [4.78, 5) is 29.8. The molecule has 1 aliphatic rings. The first-order valence-corrected chi connectivity index (χ1v) is 6.00. The molecular weight excluding hydrogens is 220 g/mol. The fourth-order valence-electron chi connectivity index (χ4n) is 2.19. The summed E-state index contributed by atoms with van der Waals surface area (Å²) in [7, 11) is 0. The second kappa shape index (κ2) is 5.18. The van der Waals surface area contributed by atoms with Crippen LogP contribution in [0.2, 0.25) is 0 Å². The van der Waals surface area contributed by atoms with Crippen molar-refractivity contribution >= 4 is 5.91 Å². The van der Waals surface area contributed by atoms with Crippen molar-refractivity contribution in [3.63, 3.8) is 0 Å². The Morgan fingerprint density at radius 2 is 2.47 bits per heavy atom. The van der Waals surface area contributed by atoms with Gasteiger partial charge in [0.15, 0.2) is 0 Å². The largest absolute Gasteiger partial charge is 0.347 e. The van der Waals surface area contributed by atoms with Gasteiger partial charge in [0.25, 0.3) is 5.91 Å². The second-order valence-electron chi connectivity index (χ2n) is 4.42. The number of H-pyrrole nitrogens is 2. The highest BCUT2D eigenvalue weighted by Crippen LogP contribution is 2.09. The number of likely N-dealkylation sites (tertiary alicyclic amines) is 1. The highest BCUT2D eigenvalue weighted by molar-refractivity contribution is 5.92. The summed E-state index contributed by atoms with van der Waals surface area (Å²) >= 11 is 0. The SMILES string of the molecule is CCCN1CCC(NC(=O)c2c[nH]c(=O)[nH]2)C1. The van der Waals surface area contributed by atoms with Gasteiger partial charge in [-0.15, -0.1) is 0 Å². The van der Waals surface area contributed by atoms with Crippen molar-refractivity contribution < 1.29 is 4.79 Å². The van der Waals surface area contributed by atoms with Crippen LogP contribution < -0.4 is 11.0 Å². The second-order valence-corrected chi connectivity index (χ2v) is 4.42. The van der Waals surface area contributed by atoms with Gasteiger partial charge in [0, 0.05) is 25.3 Å². The predicted molar refractivity (Wildman–Crippen MR) is 64.0 cm³/mol. The quantitative estimate of drug-likeness (QED) is 0.686. The molecule has 1 aromatic heterocycles. The van der Waals surface area contributed by atoms with Gasteiger partial charge >= 0.3 is 5.69 Å². The van der Waals surface area contributed by atoms with E-state index in [1.54, 1.807) is 0 Å². The van der Waals surface area contributed by atoms with E-state index in [2.05, 4.69) is 27.1 Å². The van der Waals surface area contributed by atoms with E-state index in [1.165, 1.54) is 6.20 Å². The normalized spacial score (nSPS) is 20.6. The number of imidazole rings is 1. The van der Waals surface area contributed by atoms with E-state index < -0.39 is 0 Å². The summed E-state index contributed by atoms with van der Waals surface area (Å²) in [5, 5.41) is 2.93. The van der Waals surface area contributed by atoms with E-state index in [0.29, 0.717) is 5.69 Å². The van der Waals surface area contributed by atoms with E-state index in [4.69, 9.17) is 0 Å². The third-order valence-corrected chi connectivity index (χ3v) is 2.99. The van der Waals surface area contributed by atoms with E-state index >= 15 is 0 Å². The molecule has 0 spiro atoms. The topological polar surface area (TPSA) is 81.0 Å². The molecule has 1 amide bonds. The molecule has 0 radical (unpaired) electrons. The number of nitrogens with one attached hydrogen (secondary N) is 3. The molecule has 1 unspecified atom stereocenters. The summed E-state index contributed by atoms with van der Waals surface area (Å²) in [6, 6.07) is 0.187. The molecule has 6 heteroatoms. The zero-order valence-electron chi connectivity index (χ0n) is 9.95. The van der Waals surface area contributed by atoms with Crippen LogP contribution in [0.3, 0.4) is 0 Å². The zero-order valence-corrected chi connectivity index (χ0v) is 9.95. The Hall–Kier alpha value is -1.56. The molecule has 17 heavy (non-hydrogen) atoms. The molecule has 2 heterocycles. The molecule has 1 aromatic rings. The fraction of sp³-hybridized carbons (Fsp3) is 0.636. The van der Waals surface area contributed by atoms with Gasteiger partial charge in [0.1, 0.15) is 5.69 Å². The number of aromatic amines is 2. The van der Waals surface area contributed by atoms with Gasteiger partial charge in [-0.05, 0) is 19.4 Å². The summed E-state index contributed by atoms with van der Waals surface area (Å²) in [5.74, 6) is -0.216. The molecule has 0 aromatic carbocycles. The van der Waals surface area contributed by atoms with Gasteiger partial charge in [-0.3, -0.25) is 4.79 Å². The third-order valence-electron chi connectivity index (χ3n) is 2.99. The van der Waals surface area contributed by atoms with Gasteiger partial charge in [0.2, 0.25) is 0 Å². The summed E-state index contributed by atoms with van der Waals surface area (Å²) < 4.78 is 0. The molecule has 3 N–H and O–H groups in total. The molecule has 0 saturated carbocycles. The van der Waals surface area contributed by atoms with Gasteiger partial charge in [0.05, 0.1) is 0 Å². The van der Waals surface area contributed by atoms with Crippen LogP contribution in [0.5, 0.6) is 0 Å². The summed E-state index contributed by atoms with van der Waals surface area (Å²) in [6.07, 6.45) is 3.50. The van der Waals surface area contributed by atoms with Gasteiger partial charge in [-0.1, -0.05) is 6.92 Å². The van der Waals surface area contributed by atoms with Crippen molar-refractivity contribution in [3.05, 3.63) is 22.4 Å². The van der Waals surface area contributed by atoms with Crippen molar-refractivity contribution in [2.45, 2.75) is 25.8 Å². The first kappa shape index (κ1) is 11.9. The Morgan fingerprint density at radius 1 is 1.65 bits per heavy atom. The number of aromatic nitrogens is 2. The maximum atomic E-state index is 11.8. The Labute approximate surface area is 99.4 Å². The number of carbonyl (C=O) groups is 1. The fourth-order valence-corrected chi connectivity index (χ4v) is 2.19. The summed E-state index contributed by atoms with van der Waals surface area (Å²) in [6.45, 7) is 5.15. The molecule has 1 saturated heterocycles. The monoisotopic (exact) mass is 238 g/mol. The zero-order chi connectivity index (χ0) is 12.3. The predicted octanol–water partition coefficient (Wildman–Crippen LogP) is -0.0829. The standard InChI is InChI=1S/C11H18N4O2/c1-2-4-15-5-3-8(7-15)13-10(16)9-6-12-11(17)14-9/h6,8H,2-5,7H2,1H3,(H,13,16)(H2,12,14,17). The lowest BCUT2D eigenvalue weighted by atomic mass is 10.2. The van der Waals surface area contributed by atoms with Crippen LogP contribution in [0.25, 0.3) is 0 Å². The van der Waals surface area contributed by atoms with E-state index in [0.717, 1.165) is 32.5 Å². The number of hydrogen-bond donors (Lipinski definition) is 3. The molecule has 6 nitrogen and oxygen atoms in total. The minimum absolute atomic E-state index is 0.187. The van der Waals surface area contributed by atoms with Gasteiger partial charge < -0.3 is 20.2 Å². The maximum Gasteiger partial charge on any atom is 0.323 e. The smallest absolute Gasteiger partial charge is 0.323 e. The molecule has 1 fully saturated rings. The number of hydrogen-bond acceptors (Lipinski definition) is 3. The van der Waals surface area contributed by atoms with E-state index in [-0.39, 0.29) is 17.6 Å². The number of amides is 1. The van der Waals surface area contributed by atoms with Crippen LogP contribution in [-0.2, 0) is 0 Å². The first-order chi connectivity index (χ1) is 8.19. The van der Waals surface area contributed by atoms with Crippen LogP contribution in [-0.4, -0.2) is 46.5 Å². The minimum Gasteiger partial charge on any atom is -0.347 e. The van der Waals surface area contributed by atoms with Crippen LogP contribution in [0.4, 0.5) is 0 Å². The molecule has 1 atom stereocenters. The molecule has 1 aliphatic heterocycles. The van der Waals surface area contributed by atoms with Crippen molar-refractivity contribution in [3.8, 4) is 0 Å². The van der Waals surface area contributed by atoms with Crippen LogP contribution >= 0.6 is 0 Å². The number of rotatable bonds is 4. The Kier molecular flexibility index (Phi) is 3.63. The van der Waals surface area contributed by atoms with Crippen LogP contribution in [0, 0.1) is 0 Å². The van der Waals surface area contributed by atoms with Gasteiger partial charge in [-0.25, -0.2) is 4.79 Å². The molecule has 0 bridgehead atoms. The Morgan fingerprint density at radius 3 is 3.12 bits per heavy atom. The number of carbonyl (C=O) groups excluding carboxylic acids is 1. The summed E-state index contributed by atoms with van der Waals surface area (Å²) in [5.41, 5.74) is -0.0573. The lowest BCUT2D eigenvalue weighted by molar-refractivity contribution is 0.0933. The lowest BCUT2D eigenvalue weighted by Gasteiger charge is -2.15. The first-order valence-electron chi connectivity index (χ1n) is 6.00. The Balaban J connectivity index is 1.86. The average molecular weight is 238 g/mol. The highest BCUT2D eigenvalue weighted by atomic mass is 16.2. The van der Waals surface area contributed by atoms with Crippen LogP contribution in [0.15, 0.2) is 11.0 Å². The molecule has 94 valence electrons. The van der Waals surface area contributed by atoms with Crippen molar-refractivity contribution in [1.29, 1.82) is 0 Å². The maximum absolute atomic E-state index is 11.8. The molecule has 0 aliphatic carbocycles. The lowest BCUT2D eigenvalue weighted by Crippen LogP contribution is -2.37. The average Bonchev–Trinajstić information content (AvgIpc) is 2.88. The van der Waals surface area contributed by atoms with Crippen LogP contribution in [0.1, 0.15) is 30.3 Å². The van der Waals surface area contributed by atoms with Gasteiger partial charge in [-0.2, -0.15) is 0 Å².